The quantitative estimate of drug-likeness (QED) is 0.747. The molecule has 2 nitrogen and oxygen atoms in total. The topological polar surface area (TPSA) is 35.2 Å². The zero-order valence-electron chi connectivity index (χ0n) is 12.2. The highest BCUT2D eigenvalue weighted by molar-refractivity contribution is 5.31. The summed E-state index contributed by atoms with van der Waals surface area (Å²) in [5.74, 6) is 0.752. The molecule has 0 amide bonds. The number of nitrogens with two attached hydrogens (primary N) is 1. The van der Waals surface area contributed by atoms with Gasteiger partial charge in [-0.05, 0) is 49.3 Å². The molecule has 0 bridgehead atoms. The van der Waals surface area contributed by atoms with Gasteiger partial charge >= 0.3 is 0 Å². The second kappa shape index (κ2) is 7.55. The number of hydrogen-bond donors (Lipinski definition) is 1. The summed E-state index contributed by atoms with van der Waals surface area (Å²) < 4.78 is 5.65. The number of ether oxygens (including phenoxy) is 1. The van der Waals surface area contributed by atoms with Gasteiger partial charge in [-0.3, -0.25) is 0 Å². The predicted octanol–water partition coefficient (Wildman–Crippen LogP) is 3.76. The third kappa shape index (κ3) is 5.19. The Hall–Kier alpha value is -0.860. The maximum absolute atomic E-state index is 6.13. The molecular formula is C16H27NO. The van der Waals surface area contributed by atoms with Gasteiger partial charge in [-0.1, -0.05) is 32.0 Å². The number of rotatable bonds is 7. The number of hydrogen-bond acceptors (Lipinski definition) is 2. The number of benzene rings is 1. The molecule has 1 rings (SSSR count). The van der Waals surface area contributed by atoms with Gasteiger partial charge in [-0.25, -0.2) is 0 Å². The molecule has 0 saturated heterocycles. The Morgan fingerprint density at radius 2 is 1.89 bits per heavy atom. The first-order chi connectivity index (χ1) is 8.50. The van der Waals surface area contributed by atoms with E-state index < -0.39 is 0 Å². The van der Waals surface area contributed by atoms with E-state index in [-0.39, 0.29) is 6.04 Å². The number of aryl methyl sites for hydroxylation is 2. The van der Waals surface area contributed by atoms with Crippen molar-refractivity contribution in [1.82, 2.24) is 0 Å². The van der Waals surface area contributed by atoms with Crippen LogP contribution in [-0.2, 0) is 4.74 Å². The van der Waals surface area contributed by atoms with Crippen molar-refractivity contribution in [2.24, 2.45) is 11.7 Å². The standard InChI is InChI=1S/C16H27NO/c1-12(2)6-5-9-18-11-16(17)15-8-7-13(3)14(4)10-15/h7-8,10,12,16H,5-6,9,11,17H2,1-4H3. The monoisotopic (exact) mass is 249 g/mol. The van der Waals surface area contributed by atoms with Gasteiger partial charge in [0.15, 0.2) is 0 Å². The Morgan fingerprint density at radius 3 is 2.50 bits per heavy atom. The van der Waals surface area contributed by atoms with E-state index in [0.29, 0.717) is 6.61 Å². The minimum atomic E-state index is -0.0108. The summed E-state index contributed by atoms with van der Waals surface area (Å²) in [4.78, 5) is 0. The van der Waals surface area contributed by atoms with Crippen LogP contribution < -0.4 is 5.73 Å². The lowest BCUT2D eigenvalue weighted by Crippen LogP contribution is -2.17. The molecule has 0 aromatic heterocycles. The minimum Gasteiger partial charge on any atom is -0.379 e. The van der Waals surface area contributed by atoms with Crippen LogP contribution in [0.5, 0.6) is 0 Å². The summed E-state index contributed by atoms with van der Waals surface area (Å²) in [6.07, 6.45) is 2.34. The summed E-state index contributed by atoms with van der Waals surface area (Å²) in [6.45, 7) is 10.1. The van der Waals surface area contributed by atoms with Gasteiger partial charge in [0.2, 0.25) is 0 Å². The van der Waals surface area contributed by atoms with Crippen LogP contribution >= 0.6 is 0 Å². The SMILES string of the molecule is Cc1ccc(C(N)COCCCC(C)C)cc1C. The molecule has 2 heteroatoms. The Kier molecular flexibility index (Phi) is 6.37. The van der Waals surface area contributed by atoms with E-state index in [2.05, 4.69) is 45.9 Å². The van der Waals surface area contributed by atoms with E-state index >= 15 is 0 Å². The zero-order chi connectivity index (χ0) is 13.5. The Balaban J connectivity index is 2.31. The van der Waals surface area contributed by atoms with Crippen molar-refractivity contribution in [2.75, 3.05) is 13.2 Å². The van der Waals surface area contributed by atoms with Crippen LogP contribution in [0.4, 0.5) is 0 Å². The zero-order valence-corrected chi connectivity index (χ0v) is 12.2. The Morgan fingerprint density at radius 1 is 1.17 bits per heavy atom. The lowest BCUT2D eigenvalue weighted by atomic mass is 10.0. The first-order valence-electron chi connectivity index (χ1n) is 6.91. The molecule has 2 N–H and O–H groups in total. The molecular weight excluding hydrogens is 222 g/mol. The highest BCUT2D eigenvalue weighted by Gasteiger charge is 2.07. The van der Waals surface area contributed by atoms with Crippen molar-refractivity contribution in [2.45, 2.75) is 46.6 Å². The van der Waals surface area contributed by atoms with E-state index in [9.17, 15) is 0 Å². The van der Waals surface area contributed by atoms with Gasteiger partial charge in [-0.2, -0.15) is 0 Å². The molecule has 1 atom stereocenters. The second-order valence-corrected chi connectivity index (χ2v) is 5.56. The van der Waals surface area contributed by atoms with Crippen molar-refractivity contribution < 1.29 is 4.74 Å². The summed E-state index contributed by atoms with van der Waals surface area (Å²) in [7, 11) is 0. The predicted molar refractivity (Wildman–Crippen MR) is 77.7 cm³/mol. The molecule has 18 heavy (non-hydrogen) atoms. The van der Waals surface area contributed by atoms with Crippen molar-refractivity contribution >= 4 is 0 Å². The fraction of sp³-hybridized carbons (Fsp3) is 0.625. The molecule has 0 aliphatic heterocycles. The highest BCUT2D eigenvalue weighted by atomic mass is 16.5. The van der Waals surface area contributed by atoms with Gasteiger partial charge in [-0.15, -0.1) is 0 Å². The van der Waals surface area contributed by atoms with Crippen LogP contribution in [0.15, 0.2) is 18.2 Å². The maximum atomic E-state index is 6.13. The van der Waals surface area contributed by atoms with E-state index in [4.69, 9.17) is 10.5 Å². The summed E-state index contributed by atoms with van der Waals surface area (Å²) in [6, 6.07) is 6.38. The van der Waals surface area contributed by atoms with Crippen molar-refractivity contribution in [3.63, 3.8) is 0 Å². The molecule has 1 aromatic rings. The molecule has 1 aromatic carbocycles. The van der Waals surface area contributed by atoms with Crippen molar-refractivity contribution in [3.05, 3.63) is 34.9 Å². The molecule has 0 spiro atoms. The third-order valence-corrected chi connectivity index (χ3v) is 3.33. The van der Waals surface area contributed by atoms with Gasteiger partial charge in [0.05, 0.1) is 12.6 Å². The molecule has 102 valence electrons. The second-order valence-electron chi connectivity index (χ2n) is 5.56. The van der Waals surface area contributed by atoms with Crippen LogP contribution in [-0.4, -0.2) is 13.2 Å². The van der Waals surface area contributed by atoms with Gasteiger partial charge in [0.1, 0.15) is 0 Å². The average Bonchev–Trinajstić information content (AvgIpc) is 2.31. The maximum Gasteiger partial charge on any atom is 0.0659 e. The van der Waals surface area contributed by atoms with E-state index in [1.807, 2.05) is 0 Å². The van der Waals surface area contributed by atoms with Gasteiger partial charge in [0.25, 0.3) is 0 Å². The largest absolute Gasteiger partial charge is 0.379 e. The fourth-order valence-electron chi connectivity index (χ4n) is 1.90. The van der Waals surface area contributed by atoms with E-state index in [0.717, 1.165) is 18.9 Å². The van der Waals surface area contributed by atoms with Gasteiger partial charge in [0, 0.05) is 6.61 Å². The van der Waals surface area contributed by atoms with Crippen LogP contribution in [0.2, 0.25) is 0 Å². The lowest BCUT2D eigenvalue weighted by molar-refractivity contribution is 0.115. The van der Waals surface area contributed by atoms with Crippen LogP contribution in [0, 0.1) is 19.8 Å². The summed E-state index contributed by atoms with van der Waals surface area (Å²) in [5.41, 5.74) is 9.90. The fourth-order valence-corrected chi connectivity index (χ4v) is 1.90. The van der Waals surface area contributed by atoms with E-state index in [1.54, 1.807) is 0 Å². The summed E-state index contributed by atoms with van der Waals surface area (Å²) >= 11 is 0. The molecule has 1 unspecified atom stereocenters. The van der Waals surface area contributed by atoms with Crippen molar-refractivity contribution in [1.29, 1.82) is 0 Å². The first-order valence-corrected chi connectivity index (χ1v) is 6.91. The summed E-state index contributed by atoms with van der Waals surface area (Å²) in [5, 5.41) is 0. The minimum absolute atomic E-state index is 0.0108. The smallest absolute Gasteiger partial charge is 0.0659 e. The molecule has 0 heterocycles. The van der Waals surface area contributed by atoms with Crippen molar-refractivity contribution in [3.8, 4) is 0 Å². The van der Waals surface area contributed by atoms with E-state index in [1.165, 1.54) is 23.1 Å². The molecule has 0 fully saturated rings. The molecule has 0 aliphatic rings. The van der Waals surface area contributed by atoms with Crippen LogP contribution in [0.3, 0.4) is 0 Å². The average molecular weight is 249 g/mol. The molecule has 0 aliphatic carbocycles. The lowest BCUT2D eigenvalue weighted by Gasteiger charge is -2.14. The first kappa shape index (κ1) is 15.2. The Bertz CT molecular complexity index is 360. The highest BCUT2D eigenvalue weighted by Crippen LogP contribution is 2.16. The molecule has 0 saturated carbocycles. The molecule has 0 radical (unpaired) electrons. The van der Waals surface area contributed by atoms with Gasteiger partial charge < -0.3 is 10.5 Å². The third-order valence-electron chi connectivity index (χ3n) is 3.33. The van der Waals surface area contributed by atoms with Crippen LogP contribution in [0.25, 0.3) is 0 Å². The van der Waals surface area contributed by atoms with Crippen LogP contribution in [0.1, 0.15) is 49.4 Å². The Labute approximate surface area is 112 Å². The normalized spacial score (nSPS) is 13.0.